The second kappa shape index (κ2) is 11.9. The van der Waals surface area contributed by atoms with Gasteiger partial charge in [-0.25, -0.2) is 0 Å². The number of nitrogens with zero attached hydrogens (tertiary/aromatic N) is 1. The molecule has 0 fully saturated rings. The molecular weight excluding hydrogens is 412 g/mol. The third-order valence-electron chi connectivity index (χ3n) is 5.48. The number of likely N-dealkylation sites (N-methyl/N-ethyl adjacent to an activating group) is 1. The number of carbonyl (C=O) groups is 2. The van der Waals surface area contributed by atoms with Gasteiger partial charge >= 0.3 is 0 Å². The van der Waals surface area contributed by atoms with Gasteiger partial charge in [0.05, 0.1) is 0 Å². The Morgan fingerprint density at radius 3 is 2.06 bits per heavy atom. The van der Waals surface area contributed by atoms with Crippen molar-refractivity contribution in [2.45, 2.75) is 39.8 Å². The highest BCUT2D eigenvalue weighted by Crippen LogP contribution is 2.17. The average Bonchev–Trinajstić information content (AvgIpc) is 2.82. The Morgan fingerprint density at radius 2 is 1.45 bits per heavy atom. The molecule has 0 aliphatic carbocycles. The largest absolute Gasteiger partial charge is 0.484 e. The van der Waals surface area contributed by atoms with Crippen LogP contribution in [-0.2, 0) is 22.6 Å². The number of ether oxygens (including phenoxy) is 1. The standard InChI is InChI=1S/C28H32N2O3/c1-4-29-28(32)26(18-23-8-6-5-7-9-23)30(19-24-14-10-21(2)11-15-24)27(31)20-33-25-16-12-22(3)13-17-25/h5-17,26H,4,18-20H2,1-3H3,(H,29,32)/t26-/m1/s1. The van der Waals surface area contributed by atoms with Gasteiger partial charge < -0.3 is 15.0 Å². The van der Waals surface area contributed by atoms with Gasteiger partial charge in [0.2, 0.25) is 5.91 Å². The van der Waals surface area contributed by atoms with E-state index in [2.05, 4.69) is 5.32 Å². The van der Waals surface area contributed by atoms with E-state index in [-0.39, 0.29) is 18.4 Å². The maximum atomic E-state index is 13.4. The molecule has 5 nitrogen and oxygen atoms in total. The van der Waals surface area contributed by atoms with Crippen LogP contribution in [0.4, 0.5) is 0 Å². The van der Waals surface area contributed by atoms with Gasteiger partial charge in [0.1, 0.15) is 11.8 Å². The molecule has 0 bridgehead atoms. The number of hydrogen-bond acceptors (Lipinski definition) is 3. The molecule has 0 saturated heterocycles. The van der Waals surface area contributed by atoms with E-state index in [1.165, 1.54) is 0 Å². The van der Waals surface area contributed by atoms with Crippen LogP contribution in [0.2, 0.25) is 0 Å². The van der Waals surface area contributed by atoms with Gasteiger partial charge in [0.15, 0.2) is 6.61 Å². The van der Waals surface area contributed by atoms with Crippen LogP contribution in [0.15, 0.2) is 78.9 Å². The second-order valence-corrected chi connectivity index (χ2v) is 8.21. The molecule has 2 amide bonds. The van der Waals surface area contributed by atoms with E-state index in [1.807, 2.05) is 99.6 Å². The first kappa shape index (κ1) is 24.1. The normalized spacial score (nSPS) is 11.5. The van der Waals surface area contributed by atoms with Gasteiger partial charge in [-0.05, 0) is 44.0 Å². The molecule has 5 heteroatoms. The van der Waals surface area contributed by atoms with Crippen LogP contribution in [0.1, 0.15) is 29.2 Å². The summed E-state index contributed by atoms with van der Waals surface area (Å²) in [6.45, 7) is 6.58. The molecule has 0 spiro atoms. The molecule has 0 aliphatic heterocycles. The third-order valence-corrected chi connectivity index (χ3v) is 5.48. The molecule has 1 atom stereocenters. The summed E-state index contributed by atoms with van der Waals surface area (Å²) in [5, 5.41) is 2.90. The molecule has 0 aliphatic rings. The smallest absolute Gasteiger partial charge is 0.261 e. The van der Waals surface area contributed by atoms with E-state index in [4.69, 9.17) is 4.74 Å². The number of amides is 2. The van der Waals surface area contributed by atoms with Crippen molar-refractivity contribution in [3.05, 3.63) is 101 Å². The van der Waals surface area contributed by atoms with Crippen molar-refractivity contribution in [3.8, 4) is 5.75 Å². The Bertz CT molecular complexity index is 1030. The number of nitrogens with one attached hydrogen (secondary N) is 1. The average molecular weight is 445 g/mol. The Morgan fingerprint density at radius 1 is 0.848 bits per heavy atom. The number of carbonyl (C=O) groups excluding carboxylic acids is 2. The topological polar surface area (TPSA) is 58.6 Å². The van der Waals surface area contributed by atoms with Crippen molar-refractivity contribution in [1.82, 2.24) is 10.2 Å². The first-order valence-corrected chi connectivity index (χ1v) is 11.3. The zero-order valence-electron chi connectivity index (χ0n) is 19.6. The molecule has 3 aromatic carbocycles. The number of benzene rings is 3. The summed E-state index contributed by atoms with van der Waals surface area (Å²) in [7, 11) is 0. The van der Waals surface area contributed by atoms with Gasteiger partial charge in [-0.15, -0.1) is 0 Å². The lowest BCUT2D eigenvalue weighted by Crippen LogP contribution is -2.51. The SMILES string of the molecule is CCNC(=O)[C@@H](Cc1ccccc1)N(Cc1ccc(C)cc1)C(=O)COc1ccc(C)cc1. The van der Waals surface area contributed by atoms with Crippen molar-refractivity contribution < 1.29 is 14.3 Å². The fourth-order valence-corrected chi connectivity index (χ4v) is 3.60. The number of aryl methyl sites for hydroxylation is 2. The van der Waals surface area contributed by atoms with Gasteiger partial charge in [-0.3, -0.25) is 9.59 Å². The highest BCUT2D eigenvalue weighted by Gasteiger charge is 2.30. The van der Waals surface area contributed by atoms with Crippen LogP contribution in [0.25, 0.3) is 0 Å². The van der Waals surface area contributed by atoms with Gasteiger partial charge in [-0.2, -0.15) is 0 Å². The molecule has 0 aromatic heterocycles. The van der Waals surface area contributed by atoms with E-state index < -0.39 is 6.04 Å². The maximum Gasteiger partial charge on any atom is 0.261 e. The van der Waals surface area contributed by atoms with Crippen LogP contribution in [0.3, 0.4) is 0 Å². The molecule has 0 radical (unpaired) electrons. The predicted molar refractivity (Wildman–Crippen MR) is 131 cm³/mol. The van der Waals surface area contributed by atoms with Crippen LogP contribution < -0.4 is 10.1 Å². The van der Waals surface area contributed by atoms with Crippen LogP contribution in [-0.4, -0.2) is 35.9 Å². The summed E-state index contributed by atoms with van der Waals surface area (Å²) < 4.78 is 5.78. The van der Waals surface area contributed by atoms with Crippen molar-refractivity contribution in [3.63, 3.8) is 0 Å². The molecule has 1 N–H and O–H groups in total. The zero-order chi connectivity index (χ0) is 23.6. The van der Waals surface area contributed by atoms with Crippen LogP contribution in [0, 0.1) is 13.8 Å². The highest BCUT2D eigenvalue weighted by atomic mass is 16.5. The lowest BCUT2D eigenvalue weighted by atomic mass is 10.0. The minimum absolute atomic E-state index is 0.139. The summed E-state index contributed by atoms with van der Waals surface area (Å²) in [4.78, 5) is 28.2. The Balaban J connectivity index is 1.87. The fraction of sp³-hybridized carbons (Fsp3) is 0.286. The van der Waals surface area contributed by atoms with Crippen molar-refractivity contribution in [2.75, 3.05) is 13.2 Å². The van der Waals surface area contributed by atoms with Gasteiger partial charge in [0.25, 0.3) is 5.91 Å². The van der Waals surface area contributed by atoms with E-state index in [0.717, 1.165) is 22.3 Å². The van der Waals surface area contributed by atoms with Crippen LogP contribution >= 0.6 is 0 Å². The molecule has 0 saturated carbocycles. The Kier molecular flexibility index (Phi) is 8.64. The Hall–Kier alpha value is -3.60. The first-order valence-electron chi connectivity index (χ1n) is 11.3. The number of hydrogen-bond donors (Lipinski definition) is 1. The molecule has 172 valence electrons. The van der Waals surface area contributed by atoms with Crippen molar-refractivity contribution in [2.24, 2.45) is 0 Å². The molecule has 0 heterocycles. The van der Waals surface area contributed by atoms with Crippen LogP contribution in [0.5, 0.6) is 5.75 Å². The van der Waals surface area contributed by atoms with E-state index in [0.29, 0.717) is 25.3 Å². The first-order chi connectivity index (χ1) is 16.0. The van der Waals surface area contributed by atoms with Gasteiger partial charge in [-0.1, -0.05) is 77.9 Å². The monoisotopic (exact) mass is 444 g/mol. The Labute approximate surface area is 196 Å². The van der Waals surface area contributed by atoms with E-state index >= 15 is 0 Å². The minimum atomic E-state index is -0.650. The maximum absolute atomic E-state index is 13.4. The lowest BCUT2D eigenvalue weighted by molar-refractivity contribution is -0.142. The highest BCUT2D eigenvalue weighted by molar-refractivity contribution is 5.88. The minimum Gasteiger partial charge on any atom is -0.484 e. The third kappa shape index (κ3) is 7.21. The molecule has 3 aromatic rings. The van der Waals surface area contributed by atoms with Crippen molar-refractivity contribution in [1.29, 1.82) is 0 Å². The molecule has 0 unspecified atom stereocenters. The van der Waals surface area contributed by atoms with Gasteiger partial charge in [0, 0.05) is 19.5 Å². The summed E-state index contributed by atoms with van der Waals surface area (Å²) in [5.41, 5.74) is 4.22. The lowest BCUT2D eigenvalue weighted by Gasteiger charge is -2.31. The summed E-state index contributed by atoms with van der Waals surface area (Å²) in [6, 6.07) is 24.7. The summed E-state index contributed by atoms with van der Waals surface area (Å²) in [5.74, 6) is 0.224. The molecule has 33 heavy (non-hydrogen) atoms. The van der Waals surface area contributed by atoms with E-state index in [1.54, 1.807) is 4.90 Å². The second-order valence-electron chi connectivity index (χ2n) is 8.21. The molecule has 3 rings (SSSR count). The zero-order valence-corrected chi connectivity index (χ0v) is 19.6. The summed E-state index contributed by atoms with van der Waals surface area (Å²) >= 11 is 0. The van der Waals surface area contributed by atoms with Crippen molar-refractivity contribution >= 4 is 11.8 Å². The molecular formula is C28H32N2O3. The summed E-state index contributed by atoms with van der Waals surface area (Å²) in [6.07, 6.45) is 0.425. The fourth-order valence-electron chi connectivity index (χ4n) is 3.60. The predicted octanol–water partition coefficient (Wildman–Crippen LogP) is 4.46. The van der Waals surface area contributed by atoms with E-state index in [9.17, 15) is 9.59 Å². The number of rotatable bonds is 10. The quantitative estimate of drug-likeness (QED) is 0.502.